The van der Waals surface area contributed by atoms with Crippen LogP contribution in [0.25, 0.3) is 11.2 Å². The number of fused-ring (bicyclic) bond motifs is 2. The molecule has 0 aliphatic carbocycles. The molecule has 23 heavy (non-hydrogen) atoms. The van der Waals surface area contributed by atoms with Gasteiger partial charge < -0.3 is 20.5 Å². The van der Waals surface area contributed by atoms with Crippen molar-refractivity contribution in [3.05, 3.63) is 12.7 Å². The predicted molar refractivity (Wildman–Crippen MR) is 76.1 cm³/mol. The van der Waals surface area contributed by atoms with Crippen molar-refractivity contribution in [2.45, 2.75) is 24.5 Å². The zero-order chi connectivity index (χ0) is 15.5. The Morgan fingerprint density at radius 2 is 2.17 bits per heavy atom. The zero-order valence-electron chi connectivity index (χ0n) is 12.0. The number of aromatic nitrogens is 4. The van der Waals surface area contributed by atoms with E-state index in [2.05, 4.69) is 19.5 Å². The van der Waals surface area contributed by atoms with Gasteiger partial charge in [-0.15, -0.1) is 0 Å². The summed E-state index contributed by atoms with van der Waals surface area (Å²) in [5, 5.41) is 10.4. The summed E-state index contributed by atoms with van der Waals surface area (Å²) in [7, 11) is -4.16. The molecule has 1 radical (unpaired) electrons. The molecule has 5 atom stereocenters. The van der Waals surface area contributed by atoms with Crippen molar-refractivity contribution in [1.29, 1.82) is 0 Å². The van der Waals surface area contributed by atoms with Crippen molar-refractivity contribution in [1.82, 2.24) is 19.5 Å². The van der Waals surface area contributed by atoms with Crippen LogP contribution in [0.3, 0.4) is 0 Å². The van der Waals surface area contributed by atoms with E-state index in [0.717, 1.165) is 0 Å². The van der Waals surface area contributed by atoms with Crippen molar-refractivity contribution in [2.24, 2.45) is 0 Å². The summed E-state index contributed by atoms with van der Waals surface area (Å²) in [5.41, 5.74) is 6.46. The number of anilines is 1. The van der Waals surface area contributed by atoms with Crippen LogP contribution in [0.2, 0.25) is 0 Å². The van der Waals surface area contributed by atoms with Gasteiger partial charge >= 0.3 is 7.82 Å². The predicted octanol–water partition coefficient (Wildman–Crippen LogP) is -1.20. The molecule has 5 unspecified atom stereocenters. The number of aliphatic hydroxyl groups excluding tert-OH is 1. The number of phosphoric acid groups is 1. The molecule has 2 aromatic rings. The molecule has 11 nitrogen and oxygen atoms in total. The molecular formula is C10H12N5NaO6P. The molecule has 0 amide bonds. The van der Waals surface area contributed by atoms with Crippen LogP contribution < -0.4 is 5.73 Å². The Bertz CT molecular complexity index is 788. The van der Waals surface area contributed by atoms with E-state index < -0.39 is 32.4 Å². The maximum Gasteiger partial charge on any atom is 0.472 e. The summed E-state index contributed by atoms with van der Waals surface area (Å²) in [5.74, 6) is 0.202. The fourth-order valence-electron chi connectivity index (χ4n) is 2.62. The average Bonchev–Trinajstić information content (AvgIpc) is 3.01. The van der Waals surface area contributed by atoms with Gasteiger partial charge in [0.2, 0.25) is 0 Å². The Kier molecular flexibility index (Phi) is 4.51. The number of aliphatic hydroxyl groups is 1. The van der Waals surface area contributed by atoms with Gasteiger partial charge in [0.15, 0.2) is 17.7 Å². The van der Waals surface area contributed by atoms with Crippen LogP contribution in [0, 0.1) is 0 Å². The summed E-state index contributed by atoms with van der Waals surface area (Å²) < 4.78 is 28.2. The molecule has 119 valence electrons. The summed E-state index contributed by atoms with van der Waals surface area (Å²) in [4.78, 5) is 21.3. The summed E-state index contributed by atoms with van der Waals surface area (Å²) >= 11 is 0. The van der Waals surface area contributed by atoms with Gasteiger partial charge in [-0.1, -0.05) is 0 Å². The van der Waals surface area contributed by atoms with E-state index in [1.165, 1.54) is 17.2 Å². The number of imidazole rings is 1. The topological polar surface area (TPSA) is 155 Å². The Hall–Kier alpha value is -0.620. The Balaban J connectivity index is 0.00000156. The van der Waals surface area contributed by atoms with E-state index >= 15 is 0 Å². The fraction of sp³-hybridized carbons (Fsp3) is 0.500. The number of nitrogens with two attached hydrogens (primary N) is 1. The zero-order valence-corrected chi connectivity index (χ0v) is 14.9. The van der Waals surface area contributed by atoms with Gasteiger partial charge in [-0.25, -0.2) is 19.5 Å². The van der Waals surface area contributed by atoms with Crippen LogP contribution in [-0.2, 0) is 18.3 Å². The molecule has 2 saturated heterocycles. The van der Waals surface area contributed by atoms with Crippen LogP contribution in [0.4, 0.5) is 5.82 Å². The molecular weight excluding hydrogens is 340 g/mol. The third-order valence-corrected chi connectivity index (χ3v) is 4.61. The van der Waals surface area contributed by atoms with Crippen LogP contribution in [0.5, 0.6) is 0 Å². The van der Waals surface area contributed by atoms with Crippen LogP contribution in [0.15, 0.2) is 12.7 Å². The molecule has 4 N–H and O–H groups in total. The van der Waals surface area contributed by atoms with E-state index in [1.54, 1.807) is 0 Å². The number of rotatable bonds is 1. The first-order chi connectivity index (χ1) is 10.5. The van der Waals surface area contributed by atoms with Gasteiger partial charge in [-0.05, 0) is 0 Å². The molecule has 0 saturated carbocycles. The Morgan fingerprint density at radius 1 is 1.39 bits per heavy atom. The number of nitrogens with zero attached hydrogens (tertiary/aromatic N) is 4. The third kappa shape index (κ3) is 2.82. The van der Waals surface area contributed by atoms with Gasteiger partial charge in [0.1, 0.15) is 30.2 Å². The summed E-state index contributed by atoms with van der Waals surface area (Å²) in [6.45, 7) is -0.157. The number of hydrogen-bond acceptors (Lipinski definition) is 9. The maximum absolute atomic E-state index is 11.5. The second kappa shape index (κ2) is 6.03. The molecule has 0 spiro atoms. The van der Waals surface area contributed by atoms with Gasteiger partial charge in [0, 0.05) is 29.6 Å². The van der Waals surface area contributed by atoms with Crippen LogP contribution >= 0.6 is 7.82 Å². The van der Waals surface area contributed by atoms with Gasteiger partial charge in [-0.3, -0.25) is 13.6 Å². The van der Waals surface area contributed by atoms with Gasteiger partial charge in [-0.2, -0.15) is 0 Å². The summed E-state index contributed by atoms with van der Waals surface area (Å²) in [6, 6.07) is 0. The second-order valence-corrected chi connectivity index (χ2v) is 6.38. The largest absolute Gasteiger partial charge is 0.472 e. The molecule has 0 aromatic carbocycles. The van der Waals surface area contributed by atoms with E-state index in [0.29, 0.717) is 11.2 Å². The average molecular weight is 352 g/mol. The van der Waals surface area contributed by atoms with Crippen LogP contribution in [-0.4, -0.2) is 84.0 Å². The van der Waals surface area contributed by atoms with Crippen molar-refractivity contribution in [2.75, 3.05) is 12.3 Å². The second-order valence-electron chi connectivity index (χ2n) is 4.97. The van der Waals surface area contributed by atoms with E-state index in [9.17, 15) is 14.6 Å². The van der Waals surface area contributed by atoms with E-state index in [-0.39, 0.29) is 42.0 Å². The number of phosphoric ester groups is 1. The van der Waals surface area contributed by atoms with Gasteiger partial charge in [0.25, 0.3) is 0 Å². The standard InChI is InChI=1S/C10H12N5O6P.Na/c11-8-5-9(13-2-12-8)15(3-14-5)10-6(16)7-4(20-10)1-19-22(17,18)21-7;/h2-4,6-7,10,16H,1H2,(H,17,18)(H2,11,12,13);. The molecule has 13 heteroatoms. The first-order valence-electron chi connectivity index (χ1n) is 6.38. The molecule has 4 heterocycles. The molecule has 0 bridgehead atoms. The normalized spacial score (nSPS) is 36.6. The quantitative estimate of drug-likeness (QED) is 0.421. The minimum Gasteiger partial charge on any atom is -0.386 e. The fourth-order valence-corrected chi connectivity index (χ4v) is 3.59. The first-order valence-corrected chi connectivity index (χ1v) is 7.88. The smallest absolute Gasteiger partial charge is 0.386 e. The molecule has 2 aromatic heterocycles. The number of ether oxygens (including phenoxy) is 1. The molecule has 2 fully saturated rings. The van der Waals surface area contributed by atoms with E-state index in [1.807, 2.05) is 0 Å². The minimum atomic E-state index is -4.16. The maximum atomic E-state index is 11.5. The molecule has 4 rings (SSSR count). The minimum absolute atomic E-state index is 0. The molecule has 2 aliphatic heterocycles. The van der Waals surface area contributed by atoms with Gasteiger partial charge in [0.05, 0.1) is 12.9 Å². The summed E-state index contributed by atoms with van der Waals surface area (Å²) in [6.07, 6.45) is -1.07. The van der Waals surface area contributed by atoms with Crippen molar-refractivity contribution in [3.8, 4) is 0 Å². The third-order valence-electron chi connectivity index (χ3n) is 3.63. The Morgan fingerprint density at radius 3 is 2.96 bits per heavy atom. The Labute approximate surface area is 151 Å². The first kappa shape index (κ1) is 17.2. The molecule has 2 aliphatic rings. The van der Waals surface area contributed by atoms with Crippen molar-refractivity contribution >= 4 is 54.4 Å². The number of hydrogen-bond donors (Lipinski definition) is 3. The van der Waals surface area contributed by atoms with Crippen molar-refractivity contribution in [3.63, 3.8) is 0 Å². The SMILES string of the molecule is Nc1ncnc2c1ncn2C1OC2COP(=O)(O)OC2C1O.[Na]. The number of nitrogen functional groups attached to an aromatic ring is 1. The van der Waals surface area contributed by atoms with E-state index in [4.69, 9.17) is 15.0 Å². The van der Waals surface area contributed by atoms with Crippen LogP contribution in [0.1, 0.15) is 6.23 Å². The van der Waals surface area contributed by atoms with Crippen molar-refractivity contribution < 1.29 is 28.3 Å². The monoisotopic (exact) mass is 352 g/mol.